The fourth-order valence-electron chi connectivity index (χ4n) is 2.54. The summed E-state index contributed by atoms with van der Waals surface area (Å²) < 4.78 is 3.38. The van der Waals surface area contributed by atoms with Gasteiger partial charge in [0.15, 0.2) is 5.11 Å². The van der Waals surface area contributed by atoms with Crippen molar-refractivity contribution < 1.29 is 0 Å². The molecule has 0 bridgehead atoms. The second-order valence-electron chi connectivity index (χ2n) is 5.50. The number of anilines is 2. The van der Waals surface area contributed by atoms with Crippen LogP contribution in [-0.4, -0.2) is 14.5 Å². The van der Waals surface area contributed by atoms with Gasteiger partial charge in [0.1, 0.15) is 5.69 Å². The maximum Gasteiger partial charge on any atom is 0.295 e. The fraction of sp³-hybridized carbons (Fsp3) is 0.111. The number of thiocarbonyl (C=S) groups is 1. The highest BCUT2D eigenvalue weighted by molar-refractivity contribution is 7.80. The number of halogens is 1. The van der Waals surface area contributed by atoms with Crippen LogP contribution in [0.3, 0.4) is 0 Å². The van der Waals surface area contributed by atoms with Gasteiger partial charge in [-0.15, -0.1) is 0 Å². The molecule has 5 nitrogen and oxygen atoms in total. The zero-order valence-corrected chi connectivity index (χ0v) is 15.4. The molecule has 0 aliphatic heterocycles. The zero-order valence-electron chi connectivity index (χ0n) is 13.8. The second kappa shape index (κ2) is 7.13. The SMILES string of the molecule is Cc1c(NC(=S)Nc2ccccc2Cl)c(=O)n(-c2ccccc2)n1C. The van der Waals surface area contributed by atoms with Gasteiger partial charge in [0.25, 0.3) is 5.56 Å². The molecule has 0 aliphatic rings. The number of hydrogen-bond donors (Lipinski definition) is 2. The van der Waals surface area contributed by atoms with Gasteiger partial charge in [-0.25, -0.2) is 4.68 Å². The smallest absolute Gasteiger partial charge is 0.295 e. The normalized spacial score (nSPS) is 10.5. The summed E-state index contributed by atoms with van der Waals surface area (Å²) in [5, 5.41) is 6.86. The lowest BCUT2D eigenvalue weighted by Gasteiger charge is -2.10. The molecule has 1 heterocycles. The van der Waals surface area contributed by atoms with Crippen LogP contribution in [0.25, 0.3) is 5.69 Å². The van der Waals surface area contributed by atoms with E-state index in [2.05, 4.69) is 10.6 Å². The molecular formula is C18H17ClN4OS. The first-order valence-corrected chi connectivity index (χ1v) is 8.44. The lowest BCUT2D eigenvalue weighted by molar-refractivity contribution is 0.630. The molecule has 0 saturated carbocycles. The minimum Gasteiger partial charge on any atom is -0.331 e. The highest BCUT2D eigenvalue weighted by Crippen LogP contribution is 2.21. The van der Waals surface area contributed by atoms with Gasteiger partial charge in [0.2, 0.25) is 0 Å². The number of nitrogens with one attached hydrogen (secondary N) is 2. The number of para-hydroxylation sites is 2. The number of benzene rings is 2. The van der Waals surface area contributed by atoms with Crippen LogP contribution in [0.4, 0.5) is 11.4 Å². The summed E-state index contributed by atoms with van der Waals surface area (Å²) in [6, 6.07) is 16.7. The maximum absolute atomic E-state index is 12.8. The van der Waals surface area contributed by atoms with Crippen LogP contribution < -0.4 is 16.2 Å². The van der Waals surface area contributed by atoms with Crippen LogP contribution in [0.5, 0.6) is 0 Å². The topological polar surface area (TPSA) is 51.0 Å². The Morgan fingerprint density at radius 1 is 1.04 bits per heavy atom. The van der Waals surface area contributed by atoms with Gasteiger partial charge >= 0.3 is 0 Å². The number of hydrogen-bond acceptors (Lipinski definition) is 2. The first-order chi connectivity index (χ1) is 12.0. The van der Waals surface area contributed by atoms with Crippen LogP contribution in [-0.2, 0) is 7.05 Å². The summed E-state index contributed by atoms with van der Waals surface area (Å²) in [7, 11) is 1.83. The van der Waals surface area contributed by atoms with E-state index in [0.717, 1.165) is 11.4 Å². The molecular weight excluding hydrogens is 356 g/mol. The van der Waals surface area contributed by atoms with E-state index in [1.807, 2.05) is 62.5 Å². The minimum absolute atomic E-state index is 0.172. The van der Waals surface area contributed by atoms with Crippen molar-refractivity contribution in [1.29, 1.82) is 0 Å². The third-order valence-electron chi connectivity index (χ3n) is 3.91. The van der Waals surface area contributed by atoms with Gasteiger partial charge < -0.3 is 10.6 Å². The monoisotopic (exact) mass is 372 g/mol. The Bertz CT molecular complexity index is 978. The van der Waals surface area contributed by atoms with E-state index in [1.54, 1.807) is 15.4 Å². The van der Waals surface area contributed by atoms with Crippen molar-refractivity contribution in [2.75, 3.05) is 10.6 Å². The van der Waals surface area contributed by atoms with Crippen molar-refractivity contribution in [2.24, 2.45) is 7.05 Å². The largest absolute Gasteiger partial charge is 0.331 e. The summed E-state index contributed by atoms with van der Waals surface area (Å²) in [6.07, 6.45) is 0. The quantitative estimate of drug-likeness (QED) is 0.683. The van der Waals surface area contributed by atoms with Gasteiger partial charge in [-0.1, -0.05) is 41.9 Å². The van der Waals surface area contributed by atoms with Crippen molar-refractivity contribution in [3.05, 3.63) is 75.7 Å². The lowest BCUT2D eigenvalue weighted by Crippen LogP contribution is -2.25. The van der Waals surface area contributed by atoms with Crippen LogP contribution in [0.15, 0.2) is 59.4 Å². The van der Waals surface area contributed by atoms with Gasteiger partial charge in [-0.05, 0) is 43.4 Å². The molecule has 0 amide bonds. The summed E-state index contributed by atoms with van der Waals surface area (Å²) in [5.41, 5.74) is 2.50. The molecule has 3 aromatic rings. The summed E-state index contributed by atoms with van der Waals surface area (Å²) in [6.45, 7) is 1.86. The Balaban J connectivity index is 1.90. The molecule has 0 unspecified atom stereocenters. The molecule has 0 spiro atoms. The van der Waals surface area contributed by atoms with Gasteiger partial charge in [-0.2, -0.15) is 0 Å². The number of rotatable bonds is 3. The first kappa shape index (κ1) is 17.3. The van der Waals surface area contributed by atoms with E-state index >= 15 is 0 Å². The Labute approximate surface area is 155 Å². The van der Waals surface area contributed by atoms with Crippen molar-refractivity contribution in [1.82, 2.24) is 9.36 Å². The van der Waals surface area contributed by atoms with Gasteiger partial charge in [-0.3, -0.25) is 9.48 Å². The number of nitrogens with zero attached hydrogens (tertiary/aromatic N) is 2. The molecule has 0 saturated heterocycles. The highest BCUT2D eigenvalue weighted by atomic mass is 35.5. The highest BCUT2D eigenvalue weighted by Gasteiger charge is 2.17. The van der Waals surface area contributed by atoms with E-state index in [0.29, 0.717) is 21.5 Å². The van der Waals surface area contributed by atoms with Gasteiger partial charge in [0.05, 0.1) is 22.1 Å². The molecule has 3 rings (SSSR count). The third-order valence-corrected chi connectivity index (χ3v) is 4.45. The Morgan fingerprint density at radius 3 is 2.36 bits per heavy atom. The molecule has 2 N–H and O–H groups in total. The van der Waals surface area contributed by atoms with Crippen molar-refractivity contribution >= 4 is 40.3 Å². The summed E-state index contributed by atoms with van der Waals surface area (Å²) in [5.74, 6) is 0. The molecule has 1 aromatic heterocycles. The van der Waals surface area contributed by atoms with E-state index in [9.17, 15) is 4.79 Å². The van der Waals surface area contributed by atoms with Crippen LogP contribution in [0, 0.1) is 6.92 Å². The second-order valence-corrected chi connectivity index (χ2v) is 6.31. The van der Waals surface area contributed by atoms with E-state index in [-0.39, 0.29) is 5.56 Å². The molecule has 0 aliphatic carbocycles. The third kappa shape index (κ3) is 3.45. The fourth-order valence-corrected chi connectivity index (χ4v) is 2.94. The molecule has 0 fully saturated rings. The maximum atomic E-state index is 12.8. The molecule has 128 valence electrons. The van der Waals surface area contributed by atoms with Crippen LogP contribution in [0.2, 0.25) is 5.02 Å². The average molecular weight is 373 g/mol. The first-order valence-electron chi connectivity index (χ1n) is 7.65. The predicted octanol–water partition coefficient (Wildman–Crippen LogP) is 3.95. The summed E-state index contributed by atoms with van der Waals surface area (Å²) >= 11 is 11.5. The Morgan fingerprint density at radius 2 is 1.68 bits per heavy atom. The van der Waals surface area contributed by atoms with Gasteiger partial charge in [0, 0.05) is 7.05 Å². The van der Waals surface area contributed by atoms with Crippen molar-refractivity contribution in [3.63, 3.8) is 0 Å². The van der Waals surface area contributed by atoms with Crippen LogP contribution in [0.1, 0.15) is 5.69 Å². The van der Waals surface area contributed by atoms with Crippen molar-refractivity contribution in [2.45, 2.75) is 6.92 Å². The summed E-state index contributed by atoms with van der Waals surface area (Å²) in [4.78, 5) is 12.8. The molecule has 0 atom stereocenters. The van der Waals surface area contributed by atoms with E-state index in [1.165, 1.54) is 0 Å². The standard InChI is InChI=1S/C18H17ClN4OS/c1-12-16(21-18(25)20-15-11-7-6-10-14(15)19)17(24)23(22(12)2)13-8-4-3-5-9-13/h3-11H,1-2H3,(H2,20,21,25). The Hall–Kier alpha value is -2.57. The molecule has 7 heteroatoms. The minimum atomic E-state index is -0.172. The average Bonchev–Trinajstić information content (AvgIpc) is 2.81. The molecule has 0 radical (unpaired) electrons. The molecule has 25 heavy (non-hydrogen) atoms. The van der Waals surface area contributed by atoms with Crippen LogP contribution >= 0.6 is 23.8 Å². The molecule has 2 aromatic carbocycles. The van der Waals surface area contributed by atoms with Crippen molar-refractivity contribution in [3.8, 4) is 5.69 Å². The zero-order chi connectivity index (χ0) is 18.0. The van der Waals surface area contributed by atoms with E-state index in [4.69, 9.17) is 23.8 Å². The number of aromatic nitrogens is 2. The predicted molar refractivity (Wildman–Crippen MR) is 107 cm³/mol. The lowest BCUT2D eigenvalue weighted by atomic mass is 10.3. The Kier molecular flexibility index (Phi) is 4.92. The van der Waals surface area contributed by atoms with E-state index < -0.39 is 0 Å².